The van der Waals surface area contributed by atoms with Crippen molar-refractivity contribution in [3.63, 3.8) is 0 Å². The molecule has 1 aromatic heterocycles. The Morgan fingerprint density at radius 1 is 1.03 bits per heavy atom. The molecule has 1 aliphatic heterocycles. The van der Waals surface area contributed by atoms with E-state index < -0.39 is 5.97 Å². The Balaban J connectivity index is 1.41. The van der Waals surface area contributed by atoms with Crippen molar-refractivity contribution in [3.05, 3.63) is 82.9 Å². The number of hydrogen-bond donors (Lipinski definition) is 1. The molecular weight excluding hydrogens is 466 g/mol. The predicted molar refractivity (Wildman–Crippen MR) is 142 cm³/mol. The molecule has 0 radical (unpaired) electrons. The van der Waals surface area contributed by atoms with E-state index in [4.69, 9.17) is 19.4 Å². The number of nitrogens with zero attached hydrogens (tertiary/aromatic N) is 3. The Morgan fingerprint density at radius 2 is 1.84 bits per heavy atom. The summed E-state index contributed by atoms with van der Waals surface area (Å²) >= 11 is 0. The first-order valence-electron chi connectivity index (χ1n) is 12.7. The van der Waals surface area contributed by atoms with Gasteiger partial charge in [0.1, 0.15) is 0 Å². The summed E-state index contributed by atoms with van der Waals surface area (Å²) in [6, 6.07) is 20.9. The van der Waals surface area contributed by atoms with Crippen LogP contribution in [0.25, 0.3) is 34.0 Å². The summed E-state index contributed by atoms with van der Waals surface area (Å²) in [6.07, 6.45) is 2.01. The molecule has 0 atom stereocenters. The molecule has 1 N–H and O–H groups in total. The van der Waals surface area contributed by atoms with Gasteiger partial charge in [-0.2, -0.15) is 4.98 Å². The van der Waals surface area contributed by atoms with Crippen LogP contribution in [0.3, 0.4) is 0 Å². The first kappa shape index (κ1) is 24.9. The lowest BCUT2D eigenvalue weighted by atomic mass is 9.93. The van der Waals surface area contributed by atoms with Crippen molar-refractivity contribution in [2.75, 3.05) is 20.2 Å². The smallest absolute Gasteiger partial charge is 0.304 e. The fourth-order valence-electron chi connectivity index (χ4n) is 5.01. The minimum Gasteiger partial charge on any atom is -0.481 e. The minimum absolute atomic E-state index is 0.150. The van der Waals surface area contributed by atoms with Crippen LogP contribution in [0.1, 0.15) is 35.6 Å². The number of benzene rings is 3. The highest BCUT2D eigenvalue weighted by molar-refractivity contribution is 5.74. The SMILES string of the molecule is CCc1ccccc1-c1ccc(-c2nc(-c3ccc4c(c3)CN(CCC(=O)O)CC4)no2)cc1COC. The summed E-state index contributed by atoms with van der Waals surface area (Å²) in [7, 11) is 1.70. The van der Waals surface area contributed by atoms with Crippen molar-refractivity contribution in [2.24, 2.45) is 0 Å². The fourth-order valence-corrected chi connectivity index (χ4v) is 5.01. The Hall–Kier alpha value is -3.81. The molecule has 0 aliphatic carbocycles. The molecule has 7 heteroatoms. The number of aryl methyl sites for hydroxylation is 1. The molecule has 3 aromatic carbocycles. The molecule has 0 unspecified atom stereocenters. The first-order valence-corrected chi connectivity index (χ1v) is 12.7. The molecule has 5 rings (SSSR count). The maximum Gasteiger partial charge on any atom is 0.304 e. The number of hydrogen-bond acceptors (Lipinski definition) is 6. The second-order valence-electron chi connectivity index (χ2n) is 9.39. The van der Waals surface area contributed by atoms with Gasteiger partial charge in [-0.25, -0.2) is 0 Å². The number of carboxylic acids is 1. The molecular formula is C30H31N3O4. The average molecular weight is 498 g/mol. The molecule has 0 fully saturated rings. The first-order chi connectivity index (χ1) is 18.1. The van der Waals surface area contributed by atoms with E-state index in [-0.39, 0.29) is 6.42 Å². The summed E-state index contributed by atoms with van der Waals surface area (Å²) < 4.78 is 11.2. The van der Waals surface area contributed by atoms with Crippen LogP contribution >= 0.6 is 0 Å². The molecule has 0 saturated heterocycles. The highest BCUT2D eigenvalue weighted by atomic mass is 16.5. The van der Waals surface area contributed by atoms with E-state index in [1.54, 1.807) is 7.11 Å². The average Bonchev–Trinajstić information content (AvgIpc) is 3.42. The number of carbonyl (C=O) groups is 1. The zero-order valence-electron chi connectivity index (χ0n) is 21.2. The van der Waals surface area contributed by atoms with E-state index in [0.29, 0.717) is 24.9 Å². The Kier molecular flexibility index (Phi) is 7.44. The fraction of sp³-hybridized carbons (Fsp3) is 0.300. The highest BCUT2D eigenvalue weighted by Gasteiger charge is 2.19. The Morgan fingerprint density at radius 3 is 2.65 bits per heavy atom. The summed E-state index contributed by atoms with van der Waals surface area (Å²) in [4.78, 5) is 17.8. The molecule has 37 heavy (non-hydrogen) atoms. The quantitative estimate of drug-likeness (QED) is 0.321. The van der Waals surface area contributed by atoms with Crippen LogP contribution in [0, 0.1) is 0 Å². The molecule has 1 aliphatic rings. The van der Waals surface area contributed by atoms with Gasteiger partial charge in [0.05, 0.1) is 13.0 Å². The molecule has 0 bridgehead atoms. The van der Waals surface area contributed by atoms with Crippen LogP contribution in [-0.4, -0.2) is 46.3 Å². The van der Waals surface area contributed by atoms with E-state index >= 15 is 0 Å². The van der Waals surface area contributed by atoms with Crippen molar-refractivity contribution >= 4 is 5.97 Å². The van der Waals surface area contributed by atoms with E-state index in [2.05, 4.69) is 65.5 Å². The molecule has 4 aromatic rings. The number of aromatic nitrogens is 2. The lowest BCUT2D eigenvalue weighted by molar-refractivity contribution is -0.137. The van der Waals surface area contributed by atoms with Gasteiger partial charge < -0.3 is 14.4 Å². The summed E-state index contributed by atoms with van der Waals surface area (Å²) in [5, 5.41) is 13.3. The van der Waals surface area contributed by atoms with Crippen molar-refractivity contribution in [1.82, 2.24) is 15.0 Å². The van der Waals surface area contributed by atoms with E-state index in [0.717, 1.165) is 48.2 Å². The Labute approximate surface area is 216 Å². The standard InChI is InChI=1S/C30H31N3O4/c1-3-20-6-4-5-7-26(20)27-11-10-23(17-25(27)19-36-2)30-31-29(32-37-30)22-9-8-21-12-14-33(15-13-28(34)35)18-24(21)16-22/h4-11,16-17H,3,12-15,18-19H2,1-2H3,(H,34,35). The van der Waals surface area contributed by atoms with Gasteiger partial charge >= 0.3 is 5.97 Å². The summed E-state index contributed by atoms with van der Waals surface area (Å²) in [6.45, 7) is 4.79. The van der Waals surface area contributed by atoms with Crippen LogP contribution in [0.5, 0.6) is 0 Å². The van der Waals surface area contributed by atoms with Gasteiger partial charge in [-0.15, -0.1) is 0 Å². The second kappa shape index (κ2) is 11.1. The van der Waals surface area contributed by atoms with Crippen LogP contribution in [0.4, 0.5) is 0 Å². The van der Waals surface area contributed by atoms with Gasteiger partial charge in [-0.1, -0.05) is 54.5 Å². The van der Waals surface area contributed by atoms with Crippen LogP contribution in [-0.2, 0) is 35.5 Å². The lowest BCUT2D eigenvalue weighted by Gasteiger charge is -2.28. The monoisotopic (exact) mass is 497 g/mol. The topological polar surface area (TPSA) is 88.7 Å². The third-order valence-electron chi connectivity index (χ3n) is 6.96. The second-order valence-corrected chi connectivity index (χ2v) is 9.39. The number of fused-ring (bicyclic) bond motifs is 1. The van der Waals surface area contributed by atoms with Gasteiger partial charge in [0.2, 0.25) is 5.82 Å². The third kappa shape index (κ3) is 5.48. The van der Waals surface area contributed by atoms with Gasteiger partial charge in [0.15, 0.2) is 0 Å². The third-order valence-corrected chi connectivity index (χ3v) is 6.96. The van der Waals surface area contributed by atoms with Crippen molar-refractivity contribution < 1.29 is 19.2 Å². The number of aliphatic carboxylic acids is 1. The number of carboxylic acid groups (broad SMARTS) is 1. The highest BCUT2D eigenvalue weighted by Crippen LogP contribution is 2.32. The molecule has 7 nitrogen and oxygen atoms in total. The zero-order chi connectivity index (χ0) is 25.8. The van der Waals surface area contributed by atoms with Crippen molar-refractivity contribution in [2.45, 2.75) is 39.3 Å². The van der Waals surface area contributed by atoms with Crippen LogP contribution in [0.2, 0.25) is 0 Å². The molecule has 0 amide bonds. The van der Waals surface area contributed by atoms with Gasteiger partial charge in [-0.3, -0.25) is 9.69 Å². The van der Waals surface area contributed by atoms with E-state index in [1.807, 2.05) is 12.1 Å². The number of rotatable bonds is 9. The van der Waals surface area contributed by atoms with E-state index in [1.165, 1.54) is 22.3 Å². The van der Waals surface area contributed by atoms with Gasteiger partial charge in [0.25, 0.3) is 5.89 Å². The minimum atomic E-state index is -0.768. The lowest BCUT2D eigenvalue weighted by Crippen LogP contribution is -2.32. The predicted octanol–water partition coefficient (Wildman–Crippen LogP) is 5.61. The Bertz CT molecular complexity index is 1410. The molecule has 190 valence electrons. The molecule has 0 saturated carbocycles. The summed E-state index contributed by atoms with van der Waals surface area (Å²) in [5.74, 6) is 0.229. The van der Waals surface area contributed by atoms with Crippen LogP contribution < -0.4 is 0 Å². The van der Waals surface area contributed by atoms with Gasteiger partial charge in [-0.05, 0) is 64.4 Å². The summed E-state index contributed by atoms with van der Waals surface area (Å²) in [5.41, 5.74) is 8.91. The number of methoxy groups -OCH3 is 1. The van der Waals surface area contributed by atoms with Crippen molar-refractivity contribution in [1.29, 1.82) is 0 Å². The van der Waals surface area contributed by atoms with Crippen molar-refractivity contribution in [3.8, 4) is 34.0 Å². The van der Waals surface area contributed by atoms with Crippen LogP contribution in [0.15, 0.2) is 65.2 Å². The maximum atomic E-state index is 11.0. The molecule has 2 heterocycles. The largest absolute Gasteiger partial charge is 0.481 e. The van der Waals surface area contributed by atoms with Gasteiger partial charge in [0, 0.05) is 37.9 Å². The molecule has 0 spiro atoms. The maximum absolute atomic E-state index is 11.0. The zero-order valence-corrected chi connectivity index (χ0v) is 21.2. The normalized spacial score (nSPS) is 13.5. The van der Waals surface area contributed by atoms with E-state index in [9.17, 15) is 4.79 Å². The number of ether oxygens (including phenoxy) is 1.